The monoisotopic (exact) mass is 277 g/mol. The molecule has 0 saturated carbocycles. The molecule has 0 spiro atoms. The van der Waals surface area contributed by atoms with Crippen LogP contribution < -0.4 is 5.73 Å². The second-order valence-corrected chi connectivity index (χ2v) is 5.47. The molecule has 0 saturated heterocycles. The van der Waals surface area contributed by atoms with E-state index in [2.05, 4.69) is 46.7 Å². The fourth-order valence-electron chi connectivity index (χ4n) is 1.76. The van der Waals surface area contributed by atoms with Crippen LogP contribution in [0.15, 0.2) is 29.2 Å². The van der Waals surface area contributed by atoms with Gasteiger partial charge in [0.15, 0.2) is 5.82 Å². The molecule has 0 bridgehead atoms. The van der Waals surface area contributed by atoms with Gasteiger partial charge in [0, 0.05) is 11.4 Å². The maximum absolute atomic E-state index is 5.49. The Morgan fingerprint density at radius 1 is 1.32 bits per heavy atom. The van der Waals surface area contributed by atoms with Crippen LogP contribution in [0.4, 0.5) is 0 Å². The van der Waals surface area contributed by atoms with Gasteiger partial charge in [0.05, 0.1) is 5.75 Å². The molecule has 5 nitrogen and oxygen atoms in total. The lowest BCUT2D eigenvalue weighted by Crippen LogP contribution is -2.07. The van der Waals surface area contributed by atoms with E-state index < -0.39 is 0 Å². The van der Waals surface area contributed by atoms with Crippen molar-refractivity contribution in [2.75, 3.05) is 6.54 Å². The lowest BCUT2D eigenvalue weighted by atomic mass is 10.2. The van der Waals surface area contributed by atoms with Crippen molar-refractivity contribution in [1.82, 2.24) is 20.2 Å². The molecule has 2 rings (SSSR count). The molecule has 0 atom stereocenters. The van der Waals surface area contributed by atoms with Crippen LogP contribution in [0.5, 0.6) is 0 Å². The average Bonchev–Trinajstić information content (AvgIpc) is 2.84. The van der Waals surface area contributed by atoms with Crippen molar-refractivity contribution < 1.29 is 0 Å². The number of hydrogen-bond acceptors (Lipinski definition) is 5. The van der Waals surface area contributed by atoms with Crippen molar-refractivity contribution in [1.29, 1.82) is 0 Å². The summed E-state index contributed by atoms with van der Waals surface area (Å²) in [7, 11) is 0. The summed E-state index contributed by atoms with van der Waals surface area (Å²) >= 11 is 1.76. The van der Waals surface area contributed by atoms with Gasteiger partial charge in [-0.3, -0.25) is 0 Å². The first kappa shape index (κ1) is 14.0. The molecule has 0 aliphatic heterocycles. The third-order valence-electron chi connectivity index (χ3n) is 2.79. The van der Waals surface area contributed by atoms with Gasteiger partial charge in [0.2, 0.25) is 0 Å². The maximum Gasteiger partial charge on any atom is 0.161 e. The number of aryl methyl sites for hydroxylation is 2. The molecule has 6 heteroatoms. The van der Waals surface area contributed by atoms with Gasteiger partial charge in [-0.2, -0.15) is 0 Å². The van der Waals surface area contributed by atoms with E-state index >= 15 is 0 Å². The maximum atomic E-state index is 5.49. The Balaban J connectivity index is 1.90. The van der Waals surface area contributed by atoms with E-state index in [0.29, 0.717) is 0 Å². The zero-order valence-corrected chi connectivity index (χ0v) is 11.9. The average molecular weight is 277 g/mol. The summed E-state index contributed by atoms with van der Waals surface area (Å²) in [5.74, 6) is 1.71. The lowest BCUT2D eigenvalue weighted by molar-refractivity contribution is 0.532. The predicted octanol–water partition coefficient (Wildman–Crippen LogP) is 2.01. The molecule has 102 valence electrons. The Hall–Kier alpha value is -1.40. The van der Waals surface area contributed by atoms with Crippen LogP contribution >= 0.6 is 11.8 Å². The molecule has 2 N–H and O–H groups in total. The van der Waals surface area contributed by atoms with Gasteiger partial charge >= 0.3 is 0 Å². The normalized spacial score (nSPS) is 10.8. The molecular formula is C13H19N5S. The molecule has 0 fully saturated rings. The van der Waals surface area contributed by atoms with Gasteiger partial charge in [-0.05, 0) is 48.9 Å². The van der Waals surface area contributed by atoms with E-state index in [0.717, 1.165) is 37.5 Å². The van der Waals surface area contributed by atoms with Gasteiger partial charge in [-0.25, -0.2) is 4.68 Å². The topological polar surface area (TPSA) is 69.6 Å². The Morgan fingerprint density at radius 3 is 3.00 bits per heavy atom. The quantitative estimate of drug-likeness (QED) is 0.619. The highest BCUT2D eigenvalue weighted by Gasteiger charge is 2.06. The van der Waals surface area contributed by atoms with Crippen molar-refractivity contribution in [3.05, 3.63) is 35.7 Å². The molecule has 2 aromatic rings. The Labute approximate surface area is 117 Å². The number of unbranched alkanes of at least 4 members (excludes halogenated alkanes) is 1. The van der Waals surface area contributed by atoms with Crippen LogP contribution in [-0.2, 0) is 12.3 Å². The van der Waals surface area contributed by atoms with Crippen molar-refractivity contribution >= 4 is 11.8 Å². The molecule has 1 aromatic heterocycles. The standard InChI is InChI=1S/C13H19N5S/c1-11-5-4-6-12(9-11)19-10-13-15-16-17-18(13)8-3-2-7-14/h4-6,9H,2-3,7-8,10,14H2,1H3. The van der Waals surface area contributed by atoms with Crippen LogP contribution in [0.1, 0.15) is 24.2 Å². The summed E-state index contributed by atoms with van der Waals surface area (Å²) in [5, 5.41) is 11.9. The zero-order valence-electron chi connectivity index (χ0n) is 11.1. The van der Waals surface area contributed by atoms with Crippen LogP contribution in [0.3, 0.4) is 0 Å². The fourth-order valence-corrected chi connectivity index (χ4v) is 2.71. The highest BCUT2D eigenvalue weighted by molar-refractivity contribution is 7.98. The number of benzene rings is 1. The van der Waals surface area contributed by atoms with E-state index in [1.807, 2.05) is 4.68 Å². The first-order chi connectivity index (χ1) is 9.29. The number of rotatable bonds is 7. The van der Waals surface area contributed by atoms with E-state index in [9.17, 15) is 0 Å². The number of hydrogen-bond donors (Lipinski definition) is 1. The third-order valence-corrected chi connectivity index (χ3v) is 3.78. The summed E-state index contributed by atoms with van der Waals surface area (Å²) in [4.78, 5) is 1.25. The van der Waals surface area contributed by atoms with E-state index in [1.165, 1.54) is 10.5 Å². The predicted molar refractivity (Wildman–Crippen MR) is 76.8 cm³/mol. The Bertz CT molecular complexity index is 511. The highest BCUT2D eigenvalue weighted by atomic mass is 32.2. The number of thioether (sulfide) groups is 1. The summed E-state index contributed by atoms with van der Waals surface area (Å²) in [6.45, 7) is 3.66. The minimum absolute atomic E-state index is 0.718. The third kappa shape index (κ3) is 4.33. The Kier molecular flexibility index (Phi) is 5.35. The van der Waals surface area contributed by atoms with Crippen LogP contribution in [0, 0.1) is 6.92 Å². The molecule has 0 aliphatic carbocycles. The van der Waals surface area contributed by atoms with E-state index in [4.69, 9.17) is 5.73 Å². The molecule has 19 heavy (non-hydrogen) atoms. The molecular weight excluding hydrogens is 258 g/mol. The van der Waals surface area contributed by atoms with Crippen molar-refractivity contribution in [3.63, 3.8) is 0 Å². The van der Waals surface area contributed by atoms with Crippen LogP contribution in [0.25, 0.3) is 0 Å². The molecule has 0 amide bonds. The van der Waals surface area contributed by atoms with Gasteiger partial charge in [0.25, 0.3) is 0 Å². The number of nitrogens with zero attached hydrogens (tertiary/aromatic N) is 4. The smallest absolute Gasteiger partial charge is 0.161 e. The summed E-state index contributed by atoms with van der Waals surface area (Å²) in [6.07, 6.45) is 2.02. The van der Waals surface area contributed by atoms with Crippen molar-refractivity contribution in [2.45, 2.75) is 37.0 Å². The fraction of sp³-hybridized carbons (Fsp3) is 0.462. The van der Waals surface area contributed by atoms with Gasteiger partial charge < -0.3 is 5.73 Å². The summed E-state index contributed by atoms with van der Waals surface area (Å²) in [6, 6.07) is 8.45. The number of aromatic nitrogens is 4. The van der Waals surface area contributed by atoms with Gasteiger partial charge in [-0.15, -0.1) is 16.9 Å². The molecule has 1 aromatic carbocycles. The summed E-state index contributed by atoms with van der Waals surface area (Å²) < 4.78 is 1.87. The second-order valence-electron chi connectivity index (χ2n) is 4.42. The van der Waals surface area contributed by atoms with Crippen molar-refractivity contribution in [3.8, 4) is 0 Å². The minimum Gasteiger partial charge on any atom is -0.330 e. The van der Waals surface area contributed by atoms with Crippen LogP contribution in [-0.4, -0.2) is 26.8 Å². The van der Waals surface area contributed by atoms with Crippen molar-refractivity contribution in [2.24, 2.45) is 5.73 Å². The zero-order chi connectivity index (χ0) is 13.5. The van der Waals surface area contributed by atoms with Gasteiger partial charge in [-0.1, -0.05) is 17.7 Å². The SMILES string of the molecule is Cc1cccc(SCc2nnnn2CCCCN)c1. The largest absolute Gasteiger partial charge is 0.330 e. The molecule has 0 radical (unpaired) electrons. The highest BCUT2D eigenvalue weighted by Crippen LogP contribution is 2.22. The summed E-state index contributed by atoms with van der Waals surface area (Å²) in [5.41, 5.74) is 6.76. The number of nitrogens with two attached hydrogens (primary N) is 1. The van der Waals surface area contributed by atoms with E-state index in [-0.39, 0.29) is 0 Å². The van der Waals surface area contributed by atoms with Gasteiger partial charge in [0.1, 0.15) is 0 Å². The molecule has 0 aliphatic rings. The Morgan fingerprint density at radius 2 is 2.21 bits per heavy atom. The minimum atomic E-state index is 0.718. The lowest BCUT2D eigenvalue weighted by Gasteiger charge is -2.04. The second kappa shape index (κ2) is 7.25. The first-order valence-electron chi connectivity index (χ1n) is 6.44. The van der Waals surface area contributed by atoms with Crippen LogP contribution in [0.2, 0.25) is 0 Å². The molecule has 1 heterocycles. The number of tetrazole rings is 1. The van der Waals surface area contributed by atoms with E-state index in [1.54, 1.807) is 11.8 Å². The molecule has 0 unspecified atom stereocenters. The first-order valence-corrected chi connectivity index (χ1v) is 7.43.